The van der Waals surface area contributed by atoms with Crippen molar-refractivity contribution < 1.29 is 4.42 Å². The lowest BCUT2D eigenvalue weighted by molar-refractivity contribution is 0.555. The molecule has 0 aliphatic carbocycles. The predicted octanol–water partition coefficient (Wildman–Crippen LogP) is 3.10. The highest BCUT2D eigenvalue weighted by atomic mass is 79.9. The fraction of sp³-hybridized carbons (Fsp3) is 0.133. The Morgan fingerprint density at radius 2 is 2.00 bits per heavy atom. The summed E-state index contributed by atoms with van der Waals surface area (Å²) in [6, 6.07) is 11.6. The maximum absolute atomic E-state index is 11.2. The number of rotatable bonds is 3. The number of nitrogen functional groups attached to an aromatic ring is 1. The summed E-state index contributed by atoms with van der Waals surface area (Å²) >= 11 is 3.42. The summed E-state index contributed by atoms with van der Waals surface area (Å²) in [5.74, 6) is -0.475. The maximum Gasteiger partial charge on any atom is 0.417 e. The van der Waals surface area contributed by atoms with Gasteiger partial charge >= 0.3 is 5.76 Å². The molecule has 3 rings (SSSR count). The summed E-state index contributed by atoms with van der Waals surface area (Å²) in [5, 5.41) is 0. The van der Waals surface area contributed by atoms with E-state index in [2.05, 4.69) is 33.0 Å². The molecule has 0 saturated heterocycles. The van der Waals surface area contributed by atoms with E-state index in [-0.39, 0.29) is 0 Å². The van der Waals surface area contributed by atoms with Gasteiger partial charge in [-0.3, -0.25) is 4.98 Å². The molecular weight excluding hydrogens is 334 g/mol. The van der Waals surface area contributed by atoms with Gasteiger partial charge < -0.3 is 15.1 Å². The van der Waals surface area contributed by atoms with Crippen molar-refractivity contribution in [3.63, 3.8) is 0 Å². The van der Waals surface area contributed by atoms with E-state index in [9.17, 15) is 4.79 Å². The molecular formula is C15H14BrN3O2. The first-order valence-electron chi connectivity index (χ1n) is 6.41. The number of aromatic amines is 1. The number of halogens is 1. The van der Waals surface area contributed by atoms with E-state index in [1.54, 1.807) is 6.07 Å². The van der Waals surface area contributed by atoms with Gasteiger partial charge in [-0.2, -0.15) is 0 Å². The molecule has 108 valence electrons. The van der Waals surface area contributed by atoms with Gasteiger partial charge in [-0.05, 0) is 23.8 Å². The van der Waals surface area contributed by atoms with Gasteiger partial charge in [-0.1, -0.05) is 28.1 Å². The van der Waals surface area contributed by atoms with Crippen LogP contribution in [-0.4, -0.2) is 12.0 Å². The number of H-pyrrole nitrogens is 1. The third-order valence-electron chi connectivity index (χ3n) is 3.31. The highest BCUT2D eigenvalue weighted by molar-refractivity contribution is 9.10. The third-order valence-corrected chi connectivity index (χ3v) is 3.84. The maximum atomic E-state index is 11.2. The fourth-order valence-electron chi connectivity index (χ4n) is 2.28. The van der Waals surface area contributed by atoms with Crippen LogP contribution in [0, 0.1) is 0 Å². The Morgan fingerprint density at radius 1 is 1.29 bits per heavy atom. The zero-order valence-electron chi connectivity index (χ0n) is 11.4. The summed E-state index contributed by atoms with van der Waals surface area (Å²) in [4.78, 5) is 15.9. The minimum atomic E-state index is -0.475. The van der Waals surface area contributed by atoms with Crippen LogP contribution in [-0.2, 0) is 6.54 Å². The first-order valence-corrected chi connectivity index (χ1v) is 7.20. The summed E-state index contributed by atoms with van der Waals surface area (Å²) in [7, 11) is 1.96. The Hall–Kier alpha value is -2.21. The lowest BCUT2D eigenvalue weighted by Gasteiger charge is -2.21. The number of nitrogens with two attached hydrogens (primary N) is 1. The van der Waals surface area contributed by atoms with Crippen molar-refractivity contribution >= 4 is 38.4 Å². The van der Waals surface area contributed by atoms with Crippen molar-refractivity contribution in [3.05, 3.63) is 57.0 Å². The molecule has 3 N–H and O–H groups in total. The number of nitrogens with one attached hydrogen (secondary N) is 1. The van der Waals surface area contributed by atoms with Crippen molar-refractivity contribution in [3.8, 4) is 0 Å². The van der Waals surface area contributed by atoms with Crippen LogP contribution >= 0.6 is 15.9 Å². The third kappa shape index (κ3) is 2.80. The molecule has 0 unspecified atom stereocenters. The fourth-order valence-corrected chi connectivity index (χ4v) is 2.55. The van der Waals surface area contributed by atoms with Gasteiger partial charge in [0.05, 0.1) is 16.9 Å². The van der Waals surface area contributed by atoms with E-state index in [1.165, 1.54) is 5.56 Å². The second-order valence-corrected chi connectivity index (χ2v) is 5.82. The van der Waals surface area contributed by atoms with Crippen molar-refractivity contribution in [1.29, 1.82) is 0 Å². The molecule has 0 aliphatic rings. The first-order chi connectivity index (χ1) is 10.0. The van der Waals surface area contributed by atoms with Crippen molar-refractivity contribution in [1.82, 2.24) is 4.98 Å². The number of fused-ring (bicyclic) bond motifs is 1. The average Bonchev–Trinajstić information content (AvgIpc) is 2.79. The van der Waals surface area contributed by atoms with E-state index in [4.69, 9.17) is 10.2 Å². The lowest BCUT2D eigenvalue weighted by atomic mass is 10.2. The number of hydrogen-bond acceptors (Lipinski definition) is 4. The summed E-state index contributed by atoms with van der Waals surface area (Å²) in [5.41, 5.74) is 9.76. The minimum Gasteiger partial charge on any atom is -0.408 e. The molecule has 1 heterocycles. The van der Waals surface area contributed by atoms with Crippen molar-refractivity contribution in [2.75, 3.05) is 17.7 Å². The lowest BCUT2D eigenvalue weighted by Crippen LogP contribution is -2.17. The molecule has 0 fully saturated rings. The molecule has 5 nitrogen and oxygen atoms in total. The normalized spacial score (nSPS) is 11.0. The summed E-state index contributed by atoms with van der Waals surface area (Å²) < 4.78 is 6.05. The van der Waals surface area contributed by atoms with E-state index in [0.717, 1.165) is 10.2 Å². The highest BCUT2D eigenvalue weighted by Crippen LogP contribution is 2.28. The van der Waals surface area contributed by atoms with Gasteiger partial charge in [0.25, 0.3) is 0 Å². The standard InChI is InChI=1S/C15H14BrN3O2/c1-19(8-9-2-4-10(16)5-3-9)13-7-12-14(6-11(13)17)21-15(20)18-12/h2-7H,8,17H2,1H3,(H,18,20). The number of hydrogen-bond donors (Lipinski definition) is 2. The van der Waals surface area contributed by atoms with E-state index < -0.39 is 5.76 Å². The Morgan fingerprint density at radius 3 is 2.71 bits per heavy atom. The molecule has 0 bridgehead atoms. The average molecular weight is 348 g/mol. The molecule has 0 spiro atoms. The van der Waals surface area contributed by atoms with E-state index in [1.807, 2.05) is 30.1 Å². The highest BCUT2D eigenvalue weighted by Gasteiger charge is 2.10. The Kier molecular flexibility index (Phi) is 3.47. The van der Waals surface area contributed by atoms with Gasteiger partial charge in [0.15, 0.2) is 5.58 Å². The summed E-state index contributed by atoms with van der Waals surface area (Å²) in [6.45, 7) is 0.713. The molecule has 0 radical (unpaired) electrons. The Balaban J connectivity index is 1.93. The van der Waals surface area contributed by atoms with Crippen LogP contribution in [0.25, 0.3) is 11.1 Å². The van der Waals surface area contributed by atoms with E-state index in [0.29, 0.717) is 23.3 Å². The van der Waals surface area contributed by atoms with Crippen molar-refractivity contribution in [2.45, 2.75) is 6.54 Å². The molecule has 21 heavy (non-hydrogen) atoms. The van der Waals surface area contributed by atoms with Gasteiger partial charge in [0, 0.05) is 24.1 Å². The van der Waals surface area contributed by atoms with Gasteiger partial charge in [0.1, 0.15) is 0 Å². The largest absolute Gasteiger partial charge is 0.417 e. The topological polar surface area (TPSA) is 75.3 Å². The number of nitrogens with zero attached hydrogens (tertiary/aromatic N) is 1. The van der Waals surface area contributed by atoms with Crippen LogP contribution in [0.2, 0.25) is 0 Å². The Labute approximate surface area is 129 Å². The molecule has 0 amide bonds. The number of oxazole rings is 1. The molecule has 0 saturated carbocycles. The molecule has 3 aromatic rings. The van der Waals surface area contributed by atoms with Crippen LogP contribution in [0.1, 0.15) is 5.56 Å². The van der Waals surface area contributed by atoms with Gasteiger partial charge in [-0.25, -0.2) is 4.79 Å². The predicted molar refractivity (Wildman–Crippen MR) is 87.5 cm³/mol. The molecule has 1 aromatic heterocycles. The second-order valence-electron chi connectivity index (χ2n) is 4.90. The first kappa shape index (κ1) is 13.8. The zero-order valence-corrected chi connectivity index (χ0v) is 13.0. The van der Waals surface area contributed by atoms with Crippen LogP contribution in [0.3, 0.4) is 0 Å². The molecule has 6 heteroatoms. The van der Waals surface area contributed by atoms with Gasteiger partial charge in [0.2, 0.25) is 0 Å². The number of anilines is 2. The Bertz CT molecular complexity index is 836. The smallest absolute Gasteiger partial charge is 0.408 e. The summed E-state index contributed by atoms with van der Waals surface area (Å²) in [6.07, 6.45) is 0. The molecule has 2 aromatic carbocycles. The number of benzene rings is 2. The quantitative estimate of drug-likeness (QED) is 0.714. The zero-order chi connectivity index (χ0) is 15.0. The van der Waals surface area contributed by atoms with Crippen LogP contribution in [0.15, 0.2) is 50.1 Å². The SMILES string of the molecule is CN(Cc1ccc(Br)cc1)c1cc2[nH]c(=O)oc2cc1N. The van der Waals surface area contributed by atoms with Crippen molar-refractivity contribution in [2.24, 2.45) is 0 Å². The number of aromatic nitrogens is 1. The second kappa shape index (κ2) is 5.29. The van der Waals surface area contributed by atoms with Crippen LogP contribution < -0.4 is 16.4 Å². The van der Waals surface area contributed by atoms with Crippen LogP contribution in [0.4, 0.5) is 11.4 Å². The van der Waals surface area contributed by atoms with Crippen LogP contribution in [0.5, 0.6) is 0 Å². The molecule has 0 atom stereocenters. The monoisotopic (exact) mass is 347 g/mol. The van der Waals surface area contributed by atoms with Gasteiger partial charge in [-0.15, -0.1) is 0 Å². The molecule has 0 aliphatic heterocycles. The minimum absolute atomic E-state index is 0.471. The van der Waals surface area contributed by atoms with E-state index >= 15 is 0 Å².